The number of hydrogen-bond acceptors (Lipinski definition) is 0. The summed E-state index contributed by atoms with van der Waals surface area (Å²) < 4.78 is 0. The minimum Gasteiger partial charge on any atom is -0.146 e. The van der Waals surface area contributed by atoms with E-state index in [1.807, 2.05) is 6.26 Å². The minimum atomic E-state index is -1.61. The van der Waals surface area contributed by atoms with E-state index in [0.29, 0.717) is 10.2 Å². The fourth-order valence-electron chi connectivity index (χ4n) is 0.897. The van der Waals surface area contributed by atoms with Crippen molar-refractivity contribution in [2.45, 2.75) is 0 Å². The highest BCUT2D eigenvalue weighted by Gasteiger charge is 2.28. The van der Waals surface area contributed by atoms with Crippen LogP contribution in [0, 0.1) is 0 Å². The first-order valence-electron chi connectivity index (χ1n) is 3.15. The molecule has 13 heavy (non-hydrogen) atoms. The zero-order chi connectivity index (χ0) is 10.9. The monoisotopic (exact) mass is 344 g/mol. The molecular formula is C5H13Cl5S3. The lowest BCUT2D eigenvalue weighted by Gasteiger charge is -2.38. The third-order valence-electron chi connectivity index (χ3n) is 0.905. The van der Waals surface area contributed by atoms with Crippen LogP contribution in [0.2, 0.25) is 0 Å². The molecule has 0 aliphatic rings. The Labute approximate surface area is 107 Å². The molecule has 0 saturated carbocycles. The zero-order valence-electron chi connectivity index (χ0n) is 7.53. The Balaban J connectivity index is 4.25. The van der Waals surface area contributed by atoms with Crippen LogP contribution >= 0.6 is 79.6 Å². The Morgan fingerprint density at radius 1 is 0.692 bits per heavy atom. The molecule has 0 radical (unpaired) electrons. The molecule has 0 saturated heterocycles. The molecule has 0 aromatic heterocycles. The van der Waals surface area contributed by atoms with Gasteiger partial charge in [-0.15, -0.1) is 9.24 Å². The highest BCUT2D eigenvalue weighted by atomic mass is 36.0. The fraction of sp³-hybridized carbons (Fsp3) is 1.00. The summed E-state index contributed by atoms with van der Waals surface area (Å²) in [5, 5.41) is 1.24. The molecule has 86 valence electrons. The fourth-order valence-corrected chi connectivity index (χ4v) is 20.6. The van der Waals surface area contributed by atoms with Crippen molar-refractivity contribution in [2.75, 3.05) is 28.9 Å². The van der Waals surface area contributed by atoms with Gasteiger partial charge in [-0.1, -0.05) is 70.3 Å². The quantitative estimate of drug-likeness (QED) is 0.588. The van der Waals surface area contributed by atoms with E-state index in [1.54, 1.807) is 12.5 Å². The second-order valence-corrected chi connectivity index (χ2v) is 22.2. The van der Waals surface area contributed by atoms with Gasteiger partial charge in [-0.05, 0) is 18.8 Å². The summed E-state index contributed by atoms with van der Waals surface area (Å²) in [4.78, 5) is 0. The van der Waals surface area contributed by atoms with Gasteiger partial charge in [0.2, 0.25) is 0 Å². The molecule has 0 amide bonds. The predicted molar refractivity (Wildman–Crippen MR) is 79.5 cm³/mol. The average molecular weight is 347 g/mol. The number of hydrogen-bond donors (Lipinski definition) is 0. The molecule has 0 aromatic rings. The highest BCUT2D eigenvalue weighted by Crippen LogP contribution is 2.73. The number of halogens is 5. The van der Waals surface area contributed by atoms with E-state index in [1.165, 1.54) is 0 Å². The summed E-state index contributed by atoms with van der Waals surface area (Å²) in [6, 6.07) is 0. The summed E-state index contributed by atoms with van der Waals surface area (Å²) in [6.07, 6.45) is 5.55. The summed E-state index contributed by atoms with van der Waals surface area (Å²) in [5.41, 5.74) is 0. The van der Waals surface area contributed by atoms with Gasteiger partial charge in [0.15, 0.2) is 0 Å². The molecule has 0 unspecified atom stereocenters. The van der Waals surface area contributed by atoms with Gasteiger partial charge in [0.25, 0.3) is 0 Å². The zero-order valence-corrected chi connectivity index (χ0v) is 13.8. The van der Waals surface area contributed by atoms with Crippen LogP contribution < -0.4 is 0 Å². The van der Waals surface area contributed by atoms with Crippen molar-refractivity contribution in [3.8, 4) is 0 Å². The standard InChI is InChI=1S/C5H13Cl5S3/c1-11(6,4-12(2,7)8)5-13(3,9)10/h4-5H2,1-3H3. The topological polar surface area (TPSA) is 0 Å². The van der Waals surface area contributed by atoms with Gasteiger partial charge >= 0.3 is 0 Å². The molecule has 0 heterocycles. The van der Waals surface area contributed by atoms with Crippen LogP contribution in [-0.4, -0.2) is 28.9 Å². The van der Waals surface area contributed by atoms with E-state index in [4.69, 9.17) is 53.4 Å². The molecule has 0 N–H and O–H groups in total. The Kier molecular flexibility index (Phi) is 6.22. The first-order valence-corrected chi connectivity index (χ1v) is 14.1. The SMILES string of the molecule is CS(Cl)(Cl)CS(C)(Cl)CS(C)(Cl)Cl. The normalized spacial score (nSPS) is 18.5. The molecule has 0 rings (SSSR count). The van der Waals surface area contributed by atoms with Gasteiger partial charge in [-0.25, -0.2) is 0 Å². The van der Waals surface area contributed by atoms with Crippen LogP contribution in [0.5, 0.6) is 0 Å². The van der Waals surface area contributed by atoms with E-state index in [9.17, 15) is 0 Å². The minimum absolute atomic E-state index is 0.618. The van der Waals surface area contributed by atoms with Crippen LogP contribution in [0.1, 0.15) is 0 Å². The molecule has 0 aliphatic heterocycles. The Morgan fingerprint density at radius 3 is 1.08 bits per heavy atom. The largest absolute Gasteiger partial charge is 0.146 e. The van der Waals surface area contributed by atoms with Crippen LogP contribution in [0.3, 0.4) is 0 Å². The van der Waals surface area contributed by atoms with E-state index in [2.05, 4.69) is 0 Å². The molecule has 0 aromatic carbocycles. The molecule has 0 atom stereocenters. The van der Waals surface area contributed by atoms with Crippen molar-refractivity contribution in [3.05, 3.63) is 0 Å². The second kappa shape index (κ2) is 5.22. The molecule has 0 bridgehead atoms. The first kappa shape index (κ1) is 15.5. The van der Waals surface area contributed by atoms with Crippen molar-refractivity contribution in [1.82, 2.24) is 0 Å². The maximum atomic E-state index is 6.29. The molecule has 0 fully saturated rings. The van der Waals surface area contributed by atoms with Crippen molar-refractivity contribution in [1.29, 1.82) is 0 Å². The lowest BCUT2D eigenvalue weighted by molar-refractivity contribution is 1.99. The van der Waals surface area contributed by atoms with E-state index in [0.717, 1.165) is 0 Å². The van der Waals surface area contributed by atoms with Crippen molar-refractivity contribution in [2.24, 2.45) is 0 Å². The van der Waals surface area contributed by atoms with Gasteiger partial charge in [-0.2, -0.15) is 0 Å². The highest BCUT2D eigenvalue weighted by molar-refractivity contribution is 8.78. The van der Waals surface area contributed by atoms with Crippen molar-refractivity contribution >= 4 is 79.6 Å². The lowest BCUT2D eigenvalue weighted by Crippen LogP contribution is -2.04. The van der Waals surface area contributed by atoms with Crippen molar-refractivity contribution in [3.63, 3.8) is 0 Å². The van der Waals surface area contributed by atoms with Gasteiger partial charge < -0.3 is 0 Å². The summed E-state index contributed by atoms with van der Waals surface area (Å²) in [6.45, 7) is 0. The molecule has 0 nitrogen and oxygen atoms in total. The molecule has 0 spiro atoms. The van der Waals surface area contributed by atoms with Gasteiger partial charge in [0, 0.05) is 10.2 Å². The number of rotatable bonds is 4. The molecule has 0 aliphatic carbocycles. The van der Waals surface area contributed by atoms with Gasteiger partial charge in [-0.3, -0.25) is 0 Å². The van der Waals surface area contributed by atoms with Crippen LogP contribution in [0.15, 0.2) is 0 Å². The van der Waals surface area contributed by atoms with Crippen LogP contribution in [0.4, 0.5) is 0 Å². The first-order chi connectivity index (χ1) is 5.41. The van der Waals surface area contributed by atoms with Crippen LogP contribution in [-0.2, 0) is 0 Å². The Bertz CT molecular complexity index is 152. The second-order valence-electron chi connectivity index (χ2n) is 3.14. The maximum absolute atomic E-state index is 6.29. The summed E-state index contributed by atoms with van der Waals surface area (Å²) in [7, 11) is 25.5. The summed E-state index contributed by atoms with van der Waals surface area (Å²) in [5.74, 6) is 0. The van der Waals surface area contributed by atoms with Gasteiger partial charge in [0.1, 0.15) is 0 Å². The lowest BCUT2D eigenvalue weighted by atomic mass is 11.8. The van der Waals surface area contributed by atoms with E-state index >= 15 is 0 Å². The van der Waals surface area contributed by atoms with Crippen molar-refractivity contribution < 1.29 is 0 Å². The molecular weight excluding hydrogens is 334 g/mol. The summed E-state index contributed by atoms with van der Waals surface area (Å²) >= 11 is 0. The third kappa shape index (κ3) is 10.8. The van der Waals surface area contributed by atoms with Crippen LogP contribution in [0.25, 0.3) is 0 Å². The Hall–Kier alpha value is 2.50. The molecule has 8 heteroatoms. The Morgan fingerprint density at radius 2 is 0.923 bits per heavy atom. The smallest absolute Gasteiger partial charge is 0.0458 e. The third-order valence-corrected chi connectivity index (χ3v) is 13.0. The van der Waals surface area contributed by atoms with E-state index in [-0.39, 0.29) is 0 Å². The van der Waals surface area contributed by atoms with Gasteiger partial charge in [0.05, 0.1) is 0 Å². The maximum Gasteiger partial charge on any atom is 0.0458 e. The predicted octanol–water partition coefficient (Wildman–Crippen LogP) is 5.97. The average Bonchev–Trinajstić information content (AvgIpc) is 1.43. The van der Waals surface area contributed by atoms with E-state index < -0.39 is 26.2 Å².